The molecule has 0 radical (unpaired) electrons. The first-order valence-corrected chi connectivity index (χ1v) is 6.57. The van der Waals surface area contributed by atoms with Gasteiger partial charge in [-0.05, 0) is 12.1 Å². The maximum absolute atomic E-state index is 13.4. The number of carbonyl (C=O) groups excluding carboxylic acids is 1. The molecule has 0 aliphatic rings. The first-order chi connectivity index (χ1) is 11.1. The van der Waals surface area contributed by atoms with Crippen molar-refractivity contribution in [1.29, 1.82) is 0 Å². The number of rotatable bonds is 3. The van der Waals surface area contributed by atoms with E-state index in [1.54, 1.807) is 0 Å². The van der Waals surface area contributed by atoms with Crippen molar-refractivity contribution in [3.63, 3.8) is 0 Å². The van der Waals surface area contributed by atoms with Gasteiger partial charge in [0.2, 0.25) is 0 Å². The molecule has 0 spiro atoms. The zero-order valence-electron chi connectivity index (χ0n) is 11.9. The van der Waals surface area contributed by atoms with Crippen LogP contribution in [0.4, 0.5) is 26.3 Å². The fourth-order valence-corrected chi connectivity index (χ4v) is 2.11. The number of benzene rings is 2. The lowest BCUT2D eigenvalue weighted by Gasteiger charge is -2.36. The summed E-state index contributed by atoms with van der Waals surface area (Å²) in [5, 5.41) is 0. The molecule has 0 unspecified atom stereocenters. The van der Waals surface area contributed by atoms with E-state index in [1.165, 1.54) is 24.3 Å². The average Bonchev–Trinajstić information content (AvgIpc) is 2.51. The SMILES string of the molecule is O=C(OC(c1ccccc1)(C(F)(F)F)C(F)(F)F)c1ccccc1. The van der Waals surface area contributed by atoms with Crippen molar-refractivity contribution < 1.29 is 35.9 Å². The second-order valence-corrected chi connectivity index (χ2v) is 4.80. The van der Waals surface area contributed by atoms with E-state index in [2.05, 4.69) is 4.74 Å². The fraction of sp³-hybridized carbons (Fsp3) is 0.188. The Hall–Kier alpha value is -2.51. The molecule has 0 atom stereocenters. The van der Waals surface area contributed by atoms with Gasteiger partial charge in [0, 0.05) is 5.56 Å². The van der Waals surface area contributed by atoms with E-state index in [4.69, 9.17) is 0 Å². The molecular formula is C16H10F6O2. The summed E-state index contributed by atoms with van der Waals surface area (Å²) in [4.78, 5) is 11.9. The maximum atomic E-state index is 13.4. The van der Waals surface area contributed by atoms with Crippen LogP contribution in [0.15, 0.2) is 60.7 Å². The standard InChI is InChI=1S/C16H10F6O2/c17-15(18,19)14(16(20,21)22,12-9-5-2-6-10-12)24-13(23)11-7-3-1-4-8-11/h1-10H. The lowest BCUT2D eigenvalue weighted by atomic mass is 9.91. The summed E-state index contributed by atoms with van der Waals surface area (Å²) in [6.07, 6.45) is -11.8. The largest absolute Gasteiger partial charge is 0.442 e. The van der Waals surface area contributed by atoms with Gasteiger partial charge >= 0.3 is 23.9 Å². The van der Waals surface area contributed by atoms with Crippen molar-refractivity contribution in [2.24, 2.45) is 0 Å². The van der Waals surface area contributed by atoms with Gasteiger partial charge in [0.15, 0.2) is 0 Å². The molecular weight excluding hydrogens is 338 g/mol. The molecule has 0 heterocycles. The maximum Gasteiger partial charge on any atom is 0.442 e. The van der Waals surface area contributed by atoms with E-state index >= 15 is 0 Å². The normalized spacial score (nSPS) is 12.8. The molecule has 0 aromatic heterocycles. The van der Waals surface area contributed by atoms with Gasteiger partial charge in [-0.1, -0.05) is 48.5 Å². The molecule has 0 amide bonds. The Morgan fingerprint density at radius 2 is 1.12 bits per heavy atom. The Labute approximate surface area is 132 Å². The van der Waals surface area contributed by atoms with E-state index < -0.39 is 35.0 Å². The Morgan fingerprint density at radius 1 is 0.708 bits per heavy atom. The lowest BCUT2D eigenvalue weighted by molar-refractivity contribution is -0.373. The summed E-state index contributed by atoms with van der Waals surface area (Å²) in [5.41, 5.74) is -6.41. The molecule has 0 aliphatic heterocycles. The van der Waals surface area contributed by atoms with Crippen LogP contribution < -0.4 is 0 Å². The fourth-order valence-electron chi connectivity index (χ4n) is 2.11. The highest BCUT2D eigenvalue weighted by Crippen LogP contribution is 2.53. The molecule has 0 saturated heterocycles. The average molecular weight is 348 g/mol. The number of hydrogen-bond acceptors (Lipinski definition) is 2. The van der Waals surface area contributed by atoms with Crippen LogP contribution in [0.25, 0.3) is 0 Å². The van der Waals surface area contributed by atoms with Crippen molar-refractivity contribution in [2.45, 2.75) is 18.0 Å². The predicted molar refractivity (Wildman–Crippen MR) is 72.1 cm³/mol. The summed E-state index contributed by atoms with van der Waals surface area (Å²) >= 11 is 0. The van der Waals surface area contributed by atoms with Crippen LogP contribution in [0.3, 0.4) is 0 Å². The van der Waals surface area contributed by atoms with Crippen LogP contribution in [0, 0.1) is 0 Å². The molecule has 8 heteroatoms. The smallest absolute Gasteiger partial charge is 0.431 e. The second kappa shape index (κ2) is 6.18. The van der Waals surface area contributed by atoms with Gasteiger partial charge in [-0.25, -0.2) is 4.79 Å². The van der Waals surface area contributed by atoms with E-state index in [0.29, 0.717) is 12.1 Å². The molecule has 24 heavy (non-hydrogen) atoms. The highest BCUT2D eigenvalue weighted by atomic mass is 19.4. The Balaban J connectivity index is 2.61. The third kappa shape index (κ3) is 3.08. The first-order valence-electron chi connectivity index (χ1n) is 6.57. The molecule has 0 N–H and O–H groups in total. The van der Waals surface area contributed by atoms with Gasteiger partial charge in [-0.15, -0.1) is 0 Å². The molecule has 128 valence electrons. The summed E-state index contributed by atoms with van der Waals surface area (Å²) in [6.45, 7) is 0. The summed E-state index contributed by atoms with van der Waals surface area (Å²) in [7, 11) is 0. The van der Waals surface area contributed by atoms with Gasteiger partial charge in [-0.3, -0.25) is 0 Å². The summed E-state index contributed by atoms with van der Waals surface area (Å²) < 4.78 is 84.7. The molecule has 2 aromatic carbocycles. The molecule has 2 rings (SSSR count). The molecule has 0 aliphatic carbocycles. The molecule has 0 bridgehead atoms. The molecule has 0 saturated carbocycles. The van der Waals surface area contributed by atoms with Crippen molar-refractivity contribution in [3.05, 3.63) is 71.8 Å². The molecule has 2 nitrogen and oxygen atoms in total. The van der Waals surface area contributed by atoms with E-state index in [1.807, 2.05) is 0 Å². The molecule has 2 aromatic rings. The van der Waals surface area contributed by atoms with Gasteiger partial charge in [0.05, 0.1) is 5.56 Å². The van der Waals surface area contributed by atoms with E-state index in [-0.39, 0.29) is 0 Å². The summed E-state index contributed by atoms with van der Waals surface area (Å²) in [5.74, 6) is -1.73. The van der Waals surface area contributed by atoms with E-state index in [0.717, 1.165) is 24.3 Å². The zero-order chi connectivity index (χ0) is 18.0. The number of alkyl halides is 6. The van der Waals surface area contributed by atoms with E-state index in [9.17, 15) is 31.1 Å². The van der Waals surface area contributed by atoms with Gasteiger partial charge < -0.3 is 4.74 Å². The van der Waals surface area contributed by atoms with Crippen molar-refractivity contribution in [3.8, 4) is 0 Å². The van der Waals surface area contributed by atoms with Crippen molar-refractivity contribution in [2.75, 3.05) is 0 Å². The Morgan fingerprint density at radius 3 is 1.54 bits per heavy atom. The van der Waals surface area contributed by atoms with Crippen LogP contribution in [0.1, 0.15) is 15.9 Å². The quantitative estimate of drug-likeness (QED) is 0.585. The highest BCUT2D eigenvalue weighted by Gasteiger charge is 2.75. The minimum Gasteiger partial charge on any atom is -0.431 e. The minimum absolute atomic E-state index is 0.425. The molecule has 0 fully saturated rings. The van der Waals surface area contributed by atoms with Crippen LogP contribution in [-0.4, -0.2) is 18.3 Å². The van der Waals surface area contributed by atoms with Crippen LogP contribution in [-0.2, 0) is 10.3 Å². The van der Waals surface area contributed by atoms with Crippen molar-refractivity contribution in [1.82, 2.24) is 0 Å². The lowest BCUT2D eigenvalue weighted by Crippen LogP contribution is -2.56. The van der Waals surface area contributed by atoms with Crippen LogP contribution >= 0.6 is 0 Å². The number of esters is 1. The number of halogens is 6. The number of carbonyl (C=O) groups is 1. The Kier molecular flexibility index (Phi) is 4.59. The van der Waals surface area contributed by atoms with Crippen molar-refractivity contribution >= 4 is 5.97 Å². The zero-order valence-corrected chi connectivity index (χ0v) is 11.9. The number of ether oxygens (including phenoxy) is 1. The highest BCUT2D eigenvalue weighted by molar-refractivity contribution is 5.89. The van der Waals surface area contributed by atoms with Crippen LogP contribution in [0.2, 0.25) is 0 Å². The predicted octanol–water partition coefficient (Wildman–Crippen LogP) is 4.86. The van der Waals surface area contributed by atoms with Crippen LogP contribution in [0.5, 0.6) is 0 Å². The topological polar surface area (TPSA) is 26.3 Å². The number of hydrogen-bond donors (Lipinski definition) is 0. The second-order valence-electron chi connectivity index (χ2n) is 4.80. The monoisotopic (exact) mass is 348 g/mol. The van der Waals surface area contributed by atoms with Gasteiger partial charge in [0.25, 0.3) is 0 Å². The third-order valence-corrected chi connectivity index (χ3v) is 3.23. The van der Waals surface area contributed by atoms with Gasteiger partial charge in [-0.2, -0.15) is 26.3 Å². The third-order valence-electron chi connectivity index (χ3n) is 3.23. The summed E-state index contributed by atoms with van der Waals surface area (Å²) in [6, 6.07) is 10.6. The van der Waals surface area contributed by atoms with Gasteiger partial charge in [0.1, 0.15) is 0 Å². The Bertz CT molecular complexity index is 678. The first kappa shape index (κ1) is 17.8. The minimum atomic E-state index is -5.91.